The van der Waals surface area contributed by atoms with Crippen molar-refractivity contribution in [1.29, 1.82) is 0 Å². The van der Waals surface area contributed by atoms with Crippen LogP contribution < -0.4 is 5.32 Å². The highest BCUT2D eigenvalue weighted by Crippen LogP contribution is 2.32. The molecule has 3 aromatic rings. The second kappa shape index (κ2) is 12.4. The minimum atomic E-state index is 0.152. The molecule has 1 atom stereocenters. The van der Waals surface area contributed by atoms with Crippen LogP contribution >= 0.6 is 11.8 Å². The summed E-state index contributed by atoms with van der Waals surface area (Å²) in [7, 11) is 0. The molecule has 31 heavy (non-hydrogen) atoms. The molecule has 0 saturated carbocycles. The average Bonchev–Trinajstić information content (AvgIpc) is 3.25. The Balaban J connectivity index is 1.57. The van der Waals surface area contributed by atoms with E-state index in [4.69, 9.17) is 4.98 Å². The Bertz CT molecular complexity index is 867. The predicted octanol–water partition coefficient (Wildman–Crippen LogP) is 6.56. The molecule has 0 bridgehead atoms. The van der Waals surface area contributed by atoms with E-state index in [-0.39, 0.29) is 11.8 Å². The number of rotatable bonds is 12. The zero-order valence-electron chi connectivity index (χ0n) is 18.6. The highest BCUT2D eigenvalue weighted by Gasteiger charge is 2.16. The van der Waals surface area contributed by atoms with Crippen molar-refractivity contribution >= 4 is 17.7 Å². The van der Waals surface area contributed by atoms with E-state index < -0.39 is 0 Å². The number of benzene rings is 2. The summed E-state index contributed by atoms with van der Waals surface area (Å²) in [6.45, 7) is 4.98. The van der Waals surface area contributed by atoms with Gasteiger partial charge in [-0.15, -0.1) is 0 Å². The lowest BCUT2D eigenvalue weighted by Crippen LogP contribution is -2.31. The number of thioether (sulfide) groups is 1. The van der Waals surface area contributed by atoms with E-state index in [9.17, 15) is 4.79 Å². The zero-order valence-corrected chi connectivity index (χ0v) is 19.4. The molecule has 0 aliphatic heterocycles. The fraction of sp³-hybridized carbons (Fsp3) is 0.385. The van der Waals surface area contributed by atoms with Gasteiger partial charge in [0.2, 0.25) is 5.91 Å². The van der Waals surface area contributed by atoms with Crippen molar-refractivity contribution in [2.45, 2.75) is 51.1 Å². The first-order valence-electron chi connectivity index (χ1n) is 11.3. The summed E-state index contributed by atoms with van der Waals surface area (Å²) in [6.07, 6.45) is 5.08. The van der Waals surface area contributed by atoms with Crippen LogP contribution in [0.5, 0.6) is 0 Å². The molecule has 0 saturated heterocycles. The van der Waals surface area contributed by atoms with Crippen LogP contribution in [-0.4, -0.2) is 28.2 Å². The average molecular weight is 436 g/mol. The molecular weight excluding hydrogens is 402 g/mol. The van der Waals surface area contributed by atoms with Gasteiger partial charge in [-0.3, -0.25) is 4.79 Å². The Morgan fingerprint density at radius 3 is 2.32 bits per heavy atom. The summed E-state index contributed by atoms with van der Waals surface area (Å²) in [5.41, 5.74) is 4.26. The summed E-state index contributed by atoms with van der Waals surface area (Å²) < 4.78 is 0. The first-order valence-corrected chi connectivity index (χ1v) is 12.3. The molecule has 164 valence electrons. The fourth-order valence-electron chi connectivity index (χ4n) is 3.61. The van der Waals surface area contributed by atoms with E-state index >= 15 is 0 Å². The monoisotopic (exact) mass is 435 g/mol. The van der Waals surface area contributed by atoms with E-state index in [2.05, 4.69) is 48.4 Å². The molecule has 0 spiro atoms. The third-order valence-corrected chi connectivity index (χ3v) is 6.38. The number of imidazole rings is 1. The summed E-state index contributed by atoms with van der Waals surface area (Å²) >= 11 is 1.71. The standard InChI is InChI=1S/C26H33N3OS/c1-3-5-13-20(4-2)25(30)27-18-12-19-31-26-28-23(21-14-8-6-9-15-21)24(29-26)22-16-10-7-11-17-22/h6-11,14-17,20H,3-5,12-13,18-19H2,1-2H3,(H,27,30)(H,28,29). The van der Waals surface area contributed by atoms with E-state index in [1.807, 2.05) is 36.4 Å². The molecule has 0 radical (unpaired) electrons. The third kappa shape index (κ3) is 6.73. The van der Waals surface area contributed by atoms with Gasteiger partial charge in [0.05, 0.1) is 11.4 Å². The van der Waals surface area contributed by atoms with Crippen molar-refractivity contribution < 1.29 is 4.79 Å². The quantitative estimate of drug-likeness (QED) is 0.250. The Morgan fingerprint density at radius 1 is 1.00 bits per heavy atom. The maximum Gasteiger partial charge on any atom is 0.223 e. The number of nitrogens with zero attached hydrogens (tertiary/aromatic N) is 1. The molecule has 1 aromatic heterocycles. The van der Waals surface area contributed by atoms with Crippen molar-refractivity contribution in [3.05, 3.63) is 60.7 Å². The SMILES string of the molecule is CCCCC(CC)C(=O)NCCCSc1nc(-c2ccccc2)c(-c2ccccc2)[nH]1. The van der Waals surface area contributed by atoms with Crippen molar-refractivity contribution in [1.82, 2.24) is 15.3 Å². The van der Waals surface area contributed by atoms with Crippen molar-refractivity contribution in [2.24, 2.45) is 5.92 Å². The predicted molar refractivity (Wildman–Crippen MR) is 131 cm³/mol. The Labute approximate surface area is 190 Å². The van der Waals surface area contributed by atoms with E-state index in [1.165, 1.54) is 0 Å². The molecule has 5 heteroatoms. The number of nitrogens with one attached hydrogen (secondary N) is 2. The first kappa shape index (κ1) is 23.1. The van der Waals surface area contributed by atoms with Crippen LogP contribution in [0.4, 0.5) is 0 Å². The number of aromatic nitrogens is 2. The highest BCUT2D eigenvalue weighted by molar-refractivity contribution is 7.99. The molecule has 2 aromatic carbocycles. The maximum atomic E-state index is 12.3. The Hall–Kier alpha value is -2.53. The van der Waals surface area contributed by atoms with Gasteiger partial charge in [-0.1, -0.05) is 99.1 Å². The van der Waals surface area contributed by atoms with Crippen molar-refractivity contribution in [3.8, 4) is 22.5 Å². The number of hydrogen-bond donors (Lipinski definition) is 2. The lowest BCUT2D eigenvalue weighted by molar-refractivity contribution is -0.125. The summed E-state index contributed by atoms with van der Waals surface area (Å²) in [6, 6.07) is 20.6. The molecule has 0 aliphatic carbocycles. The highest BCUT2D eigenvalue weighted by atomic mass is 32.2. The van der Waals surface area contributed by atoms with Crippen LogP contribution in [0, 0.1) is 5.92 Å². The van der Waals surface area contributed by atoms with Crippen LogP contribution in [0.25, 0.3) is 22.5 Å². The lowest BCUT2D eigenvalue weighted by Gasteiger charge is -2.14. The summed E-state index contributed by atoms with van der Waals surface area (Å²) in [4.78, 5) is 20.7. The van der Waals surface area contributed by atoms with Crippen molar-refractivity contribution in [2.75, 3.05) is 12.3 Å². The van der Waals surface area contributed by atoms with Gasteiger partial charge in [-0.2, -0.15) is 0 Å². The number of H-pyrrole nitrogens is 1. The lowest BCUT2D eigenvalue weighted by atomic mass is 9.98. The Kier molecular flexibility index (Phi) is 9.22. The molecule has 1 amide bonds. The topological polar surface area (TPSA) is 57.8 Å². The molecule has 1 unspecified atom stereocenters. The number of aromatic amines is 1. The molecule has 0 fully saturated rings. The zero-order chi connectivity index (χ0) is 21.9. The van der Waals surface area contributed by atoms with Crippen LogP contribution in [0.3, 0.4) is 0 Å². The largest absolute Gasteiger partial charge is 0.356 e. The van der Waals surface area contributed by atoms with E-state index in [0.29, 0.717) is 6.54 Å². The van der Waals surface area contributed by atoms with Crippen LogP contribution in [0.1, 0.15) is 46.0 Å². The van der Waals surface area contributed by atoms with Gasteiger partial charge in [-0.05, 0) is 19.3 Å². The van der Waals surface area contributed by atoms with Gasteiger partial charge in [-0.25, -0.2) is 4.98 Å². The molecule has 3 rings (SSSR count). The van der Waals surface area contributed by atoms with Crippen LogP contribution in [-0.2, 0) is 4.79 Å². The molecule has 4 nitrogen and oxygen atoms in total. The first-order chi connectivity index (χ1) is 15.2. The normalized spacial score (nSPS) is 11.9. The van der Waals surface area contributed by atoms with Gasteiger partial charge < -0.3 is 10.3 Å². The minimum Gasteiger partial charge on any atom is -0.356 e. The smallest absolute Gasteiger partial charge is 0.223 e. The molecule has 1 heterocycles. The van der Waals surface area contributed by atoms with Gasteiger partial charge >= 0.3 is 0 Å². The van der Waals surface area contributed by atoms with Crippen molar-refractivity contribution in [3.63, 3.8) is 0 Å². The fourth-order valence-corrected chi connectivity index (χ4v) is 4.42. The summed E-state index contributed by atoms with van der Waals surface area (Å²) in [5.74, 6) is 1.26. The minimum absolute atomic E-state index is 0.152. The van der Waals surface area contributed by atoms with E-state index in [1.54, 1.807) is 11.8 Å². The number of amides is 1. The maximum absolute atomic E-state index is 12.3. The number of carbonyl (C=O) groups is 1. The number of hydrogen-bond acceptors (Lipinski definition) is 3. The van der Waals surface area contributed by atoms with E-state index in [0.717, 1.165) is 65.5 Å². The van der Waals surface area contributed by atoms with Gasteiger partial charge in [0.15, 0.2) is 5.16 Å². The number of carbonyl (C=O) groups excluding carboxylic acids is 1. The van der Waals surface area contributed by atoms with Gasteiger partial charge in [0.1, 0.15) is 0 Å². The molecule has 0 aliphatic rings. The summed E-state index contributed by atoms with van der Waals surface area (Å²) in [5, 5.41) is 4.03. The van der Waals surface area contributed by atoms with Crippen LogP contribution in [0.15, 0.2) is 65.8 Å². The second-order valence-electron chi connectivity index (χ2n) is 7.74. The Morgan fingerprint density at radius 2 is 1.68 bits per heavy atom. The second-order valence-corrected chi connectivity index (χ2v) is 8.82. The molecular formula is C26H33N3OS. The number of unbranched alkanes of at least 4 members (excludes halogenated alkanes) is 1. The molecule has 2 N–H and O–H groups in total. The van der Waals surface area contributed by atoms with Crippen LogP contribution in [0.2, 0.25) is 0 Å². The third-order valence-electron chi connectivity index (χ3n) is 5.42. The van der Waals surface area contributed by atoms with Gasteiger partial charge in [0.25, 0.3) is 0 Å². The van der Waals surface area contributed by atoms with Gasteiger partial charge in [0, 0.05) is 29.3 Å².